The molecule has 2 aliphatic rings. The smallest absolute Gasteiger partial charge is 0.249 e. The van der Waals surface area contributed by atoms with Crippen LogP contribution in [0.5, 0.6) is 0 Å². The maximum atomic E-state index is 12.6. The lowest BCUT2D eigenvalue weighted by Crippen LogP contribution is -2.45. The van der Waals surface area contributed by atoms with Crippen molar-refractivity contribution in [3.8, 4) is 0 Å². The molecule has 0 bridgehead atoms. The fourth-order valence-electron chi connectivity index (χ4n) is 3.30. The van der Waals surface area contributed by atoms with Gasteiger partial charge in [0.2, 0.25) is 5.91 Å². The molecule has 24 heavy (non-hydrogen) atoms. The number of nitrogens with one attached hydrogen (secondary N) is 1. The maximum Gasteiger partial charge on any atom is 0.249 e. The van der Waals surface area contributed by atoms with Gasteiger partial charge in [0.1, 0.15) is 6.10 Å². The van der Waals surface area contributed by atoms with Crippen molar-refractivity contribution < 1.29 is 14.3 Å². The summed E-state index contributed by atoms with van der Waals surface area (Å²) in [6.45, 7) is 4.55. The number of carbonyl (C=O) groups excluding carboxylic acids is 1. The van der Waals surface area contributed by atoms with Crippen LogP contribution < -0.4 is 11.1 Å². The summed E-state index contributed by atoms with van der Waals surface area (Å²) in [5, 5.41) is 3.18. The van der Waals surface area contributed by atoms with Gasteiger partial charge in [-0.2, -0.15) is 0 Å². The van der Waals surface area contributed by atoms with Gasteiger partial charge < -0.3 is 20.5 Å². The first-order valence-electron chi connectivity index (χ1n) is 8.77. The predicted molar refractivity (Wildman–Crippen MR) is 91.5 cm³/mol. The summed E-state index contributed by atoms with van der Waals surface area (Å²) in [4.78, 5) is 14.9. The third kappa shape index (κ3) is 4.54. The van der Waals surface area contributed by atoms with Crippen molar-refractivity contribution in [3.05, 3.63) is 35.9 Å². The van der Waals surface area contributed by atoms with E-state index < -0.39 is 0 Å². The molecular formula is C18H27N3O3. The van der Waals surface area contributed by atoms with Crippen LogP contribution in [0.3, 0.4) is 0 Å². The van der Waals surface area contributed by atoms with Gasteiger partial charge in [0.25, 0.3) is 0 Å². The summed E-state index contributed by atoms with van der Waals surface area (Å²) < 4.78 is 11.1. The summed E-state index contributed by atoms with van der Waals surface area (Å²) in [6, 6.07) is 10.1. The third-order valence-corrected chi connectivity index (χ3v) is 4.73. The largest absolute Gasteiger partial charge is 0.379 e. The third-order valence-electron chi connectivity index (χ3n) is 4.73. The Hall–Kier alpha value is -1.47. The molecule has 3 N–H and O–H groups in total. The first-order valence-corrected chi connectivity index (χ1v) is 8.77. The zero-order valence-corrected chi connectivity index (χ0v) is 14.0. The zero-order valence-electron chi connectivity index (χ0n) is 14.0. The number of benzene rings is 1. The minimum atomic E-state index is -0.380. The molecule has 6 heteroatoms. The number of nitrogens with zero attached hydrogens (tertiary/aromatic N) is 1. The molecule has 1 unspecified atom stereocenters. The average molecular weight is 333 g/mol. The van der Waals surface area contributed by atoms with Crippen molar-refractivity contribution in [3.63, 3.8) is 0 Å². The summed E-state index contributed by atoms with van der Waals surface area (Å²) in [7, 11) is 0. The van der Waals surface area contributed by atoms with Crippen LogP contribution in [0.1, 0.15) is 24.4 Å². The predicted octanol–water partition coefficient (Wildman–Crippen LogP) is 0.682. The van der Waals surface area contributed by atoms with Gasteiger partial charge in [-0.3, -0.25) is 9.69 Å². The standard InChI is InChI=1S/C18H27N3O3/c19-12-15-6-7-17(24-15)18(22)20-16(14-4-2-1-3-5-14)13-21-8-10-23-11-9-21/h1-5,15-17H,6-13,19H2,(H,20,22)/t15-,16?,17+/m1/s1. The highest BCUT2D eigenvalue weighted by Gasteiger charge is 2.31. The lowest BCUT2D eigenvalue weighted by Gasteiger charge is -2.31. The molecule has 2 aliphatic heterocycles. The van der Waals surface area contributed by atoms with E-state index in [4.69, 9.17) is 15.2 Å². The summed E-state index contributed by atoms with van der Waals surface area (Å²) in [6.07, 6.45) is 1.23. The van der Waals surface area contributed by atoms with Crippen LogP contribution in [0.2, 0.25) is 0 Å². The van der Waals surface area contributed by atoms with Crippen molar-refractivity contribution in [2.75, 3.05) is 39.4 Å². The minimum absolute atomic E-state index is 0.00942. The molecule has 0 radical (unpaired) electrons. The normalized spacial score (nSPS) is 26.2. The highest BCUT2D eigenvalue weighted by molar-refractivity contribution is 5.81. The highest BCUT2D eigenvalue weighted by atomic mass is 16.5. The van der Waals surface area contributed by atoms with Crippen molar-refractivity contribution in [2.24, 2.45) is 5.73 Å². The van der Waals surface area contributed by atoms with Crippen LogP contribution >= 0.6 is 0 Å². The number of hydrogen-bond acceptors (Lipinski definition) is 5. The lowest BCUT2D eigenvalue weighted by atomic mass is 10.1. The number of hydrogen-bond donors (Lipinski definition) is 2. The number of amides is 1. The molecule has 132 valence electrons. The quantitative estimate of drug-likeness (QED) is 0.801. The van der Waals surface area contributed by atoms with Crippen LogP contribution in [0, 0.1) is 0 Å². The van der Waals surface area contributed by atoms with Crippen LogP contribution in [0.4, 0.5) is 0 Å². The molecule has 3 rings (SSSR count). The zero-order chi connectivity index (χ0) is 16.8. The Kier molecular flexibility index (Phi) is 6.20. The van der Waals surface area contributed by atoms with Crippen molar-refractivity contribution in [2.45, 2.75) is 31.1 Å². The van der Waals surface area contributed by atoms with E-state index in [-0.39, 0.29) is 24.2 Å². The van der Waals surface area contributed by atoms with Crippen molar-refractivity contribution >= 4 is 5.91 Å². The fraction of sp³-hybridized carbons (Fsp3) is 0.611. The Labute approximate surface area is 143 Å². The Morgan fingerprint density at radius 2 is 2.00 bits per heavy atom. The molecule has 0 aromatic heterocycles. The van der Waals surface area contributed by atoms with Crippen molar-refractivity contribution in [1.82, 2.24) is 10.2 Å². The van der Waals surface area contributed by atoms with E-state index in [1.54, 1.807) is 0 Å². The van der Waals surface area contributed by atoms with E-state index in [1.807, 2.05) is 18.2 Å². The molecule has 1 aromatic rings. The topological polar surface area (TPSA) is 76.8 Å². The molecular weight excluding hydrogens is 306 g/mol. The van der Waals surface area contributed by atoms with Crippen LogP contribution in [0.15, 0.2) is 30.3 Å². The lowest BCUT2D eigenvalue weighted by molar-refractivity contribution is -0.132. The van der Waals surface area contributed by atoms with Crippen LogP contribution in [-0.2, 0) is 14.3 Å². The summed E-state index contributed by atoms with van der Waals surface area (Å²) >= 11 is 0. The number of rotatable bonds is 6. The Morgan fingerprint density at radius 1 is 1.25 bits per heavy atom. The van der Waals surface area contributed by atoms with E-state index in [0.717, 1.165) is 51.3 Å². The van der Waals surface area contributed by atoms with Gasteiger partial charge in [-0.1, -0.05) is 30.3 Å². The second-order valence-electron chi connectivity index (χ2n) is 6.44. The molecule has 3 atom stereocenters. The molecule has 2 fully saturated rings. The van der Waals surface area contributed by atoms with Gasteiger partial charge in [0.05, 0.1) is 25.4 Å². The Bertz CT molecular complexity index is 520. The van der Waals surface area contributed by atoms with Gasteiger partial charge in [0.15, 0.2) is 0 Å². The monoisotopic (exact) mass is 333 g/mol. The molecule has 1 amide bonds. The number of morpholine rings is 1. The van der Waals surface area contributed by atoms with E-state index >= 15 is 0 Å². The first kappa shape index (κ1) is 17.4. The number of nitrogens with two attached hydrogens (primary N) is 1. The van der Waals surface area contributed by atoms with Gasteiger partial charge >= 0.3 is 0 Å². The van der Waals surface area contributed by atoms with Crippen LogP contribution in [-0.4, -0.2) is 62.4 Å². The second-order valence-corrected chi connectivity index (χ2v) is 6.44. The number of ether oxygens (including phenoxy) is 2. The SMILES string of the molecule is NC[C@H]1CC[C@@H](C(=O)NC(CN2CCOCC2)c2ccccc2)O1. The molecule has 0 spiro atoms. The van der Waals surface area contributed by atoms with E-state index in [2.05, 4.69) is 22.3 Å². The molecule has 2 heterocycles. The van der Waals surface area contributed by atoms with Crippen LogP contribution in [0.25, 0.3) is 0 Å². The molecule has 6 nitrogen and oxygen atoms in total. The Balaban J connectivity index is 1.64. The first-order chi connectivity index (χ1) is 11.8. The maximum absolute atomic E-state index is 12.6. The number of carbonyl (C=O) groups is 1. The van der Waals surface area contributed by atoms with Crippen molar-refractivity contribution in [1.29, 1.82) is 0 Å². The molecule has 0 saturated carbocycles. The molecule has 1 aromatic carbocycles. The van der Waals surface area contributed by atoms with Gasteiger partial charge in [-0.25, -0.2) is 0 Å². The van der Waals surface area contributed by atoms with E-state index in [9.17, 15) is 4.79 Å². The summed E-state index contributed by atoms with van der Waals surface area (Å²) in [5.74, 6) is -0.0342. The highest BCUT2D eigenvalue weighted by Crippen LogP contribution is 2.21. The minimum Gasteiger partial charge on any atom is -0.379 e. The average Bonchev–Trinajstić information content (AvgIpc) is 3.12. The fourth-order valence-corrected chi connectivity index (χ4v) is 3.30. The van der Waals surface area contributed by atoms with Gasteiger partial charge in [0, 0.05) is 26.2 Å². The van der Waals surface area contributed by atoms with E-state index in [0.29, 0.717) is 6.54 Å². The second kappa shape index (κ2) is 8.58. The molecule has 0 aliphatic carbocycles. The van der Waals surface area contributed by atoms with Gasteiger partial charge in [-0.05, 0) is 18.4 Å². The Morgan fingerprint density at radius 3 is 2.67 bits per heavy atom. The summed E-state index contributed by atoms with van der Waals surface area (Å²) in [5.41, 5.74) is 6.75. The van der Waals surface area contributed by atoms with E-state index in [1.165, 1.54) is 0 Å². The van der Waals surface area contributed by atoms with Gasteiger partial charge in [-0.15, -0.1) is 0 Å². The molecule has 2 saturated heterocycles.